The molecule has 6 heterocycles. The fourth-order valence-corrected chi connectivity index (χ4v) is 20.1. The molecule has 26 rings (SSSR count). The lowest BCUT2D eigenvalue weighted by Gasteiger charge is -2.13. The van der Waals surface area contributed by atoms with Gasteiger partial charge < -0.3 is 18.3 Å². The highest BCUT2D eigenvalue weighted by atomic mass is 15.0. The van der Waals surface area contributed by atoms with E-state index in [9.17, 15) is 0 Å². The molecule has 0 spiro atoms. The fraction of sp³-hybridized carbons (Fsp3) is 0. The Morgan fingerprint density at radius 3 is 0.566 bits per heavy atom. The first-order chi connectivity index (χ1) is 67.4. The van der Waals surface area contributed by atoms with Crippen LogP contribution in [0.3, 0.4) is 0 Å². The summed E-state index contributed by atoms with van der Waals surface area (Å²) in [4.78, 5) is 21.3. The van der Waals surface area contributed by atoms with Gasteiger partial charge in [0, 0.05) is 99.2 Å². The van der Waals surface area contributed by atoms with E-state index in [0.717, 1.165) is 140 Å². The van der Waals surface area contributed by atoms with Crippen LogP contribution in [0.4, 0.5) is 0 Å². The Kier molecular flexibility index (Phi) is 20.1. The van der Waals surface area contributed by atoms with E-state index >= 15 is 0 Å². The van der Waals surface area contributed by atoms with Gasteiger partial charge in [-0.25, -0.2) is 19.9 Å². The van der Waals surface area contributed by atoms with Gasteiger partial charge in [0.2, 0.25) is 0 Å². The maximum Gasteiger partial charge on any atom is 0.160 e. The van der Waals surface area contributed by atoms with Gasteiger partial charge in [0.15, 0.2) is 11.6 Å². The van der Waals surface area contributed by atoms with E-state index in [1.807, 2.05) is 6.07 Å². The average molecular weight is 1730 g/mol. The molecule has 0 saturated carbocycles. The van der Waals surface area contributed by atoms with Crippen LogP contribution in [0, 0.1) is 0 Å². The SMILES string of the molecule is c1ccc(-c2cccc(-c3ccc(-c4cc(-c5cccc(-c6cccc(-n7c8ccccc8c8ccccc87)c6)c5)nc(-c5cccc(-n6c7ccccc7c7ccccc76)c5)n4)cc3)c2)cc1.c1ccc(-c2cccc(-c3nc(-c4ccc(-c5cccc(-n6c7ccccc7c7ccccc76)c5)cc4)cc(-c4ccc(-c5cccc(-n6c7ccccc7c7ccccc76)c5)cc4)n3)c2)cc1. The van der Waals surface area contributed by atoms with Crippen molar-refractivity contribution in [3.8, 4) is 157 Å². The number of nitrogens with zero attached hydrogens (tertiary/aromatic N) is 8. The molecule has 0 aliphatic carbocycles. The lowest BCUT2D eigenvalue weighted by molar-refractivity contribution is 1.16. The van der Waals surface area contributed by atoms with Gasteiger partial charge in [-0.3, -0.25) is 0 Å². The molecule has 0 aliphatic heterocycles. The van der Waals surface area contributed by atoms with Gasteiger partial charge in [0.1, 0.15) is 0 Å². The topological polar surface area (TPSA) is 71.3 Å². The standard InChI is InChI=1S/2C64H42N4/c1-2-16-43(17-3-1)46-18-12-19-47(38-46)44-34-36-45(37-35-44)58-42-59(66-64(65-58)51-23-15-25-53(41-51)68-62-32-10-6-28-56(62)57-29-7-11-33-63(57)68)50-22-13-20-48(39-50)49-21-14-24-52(40-49)67-60-30-8-4-26-54(60)55-27-5-9-31-61(55)67;1-2-15-43(16-3-1)48-17-12-20-51(39-48)64-65-58(46-35-31-44(32-36-46)49-18-13-21-52(40-49)67-60-27-8-4-23-54(60)55-24-5-9-28-61(55)67)42-59(66-64)47-37-33-45(34-38-47)50-19-14-22-53(41-50)68-62-29-10-6-25-56(62)57-26-7-11-30-63(57)68/h2*1-42H. The van der Waals surface area contributed by atoms with Crippen LogP contribution in [0.1, 0.15) is 0 Å². The number of benzene rings is 20. The summed E-state index contributed by atoms with van der Waals surface area (Å²) in [6.07, 6.45) is 0. The minimum Gasteiger partial charge on any atom is -0.309 e. The zero-order chi connectivity index (χ0) is 89.9. The van der Waals surface area contributed by atoms with Crippen molar-refractivity contribution in [2.75, 3.05) is 0 Å². The van der Waals surface area contributed by atoms with E-state index in [2.05, 4.69) is 522 Å². The molecule has 0 saturated heterocycles. The summed E-state index contributed by atoms with van der Waals surface area (Å²) in [6, 6.07) is 182. The summed E-state index contributed by atoms with van der Waals surface area (Å²) in [5.41, 5.74) is 37.2. The molecule has 6 aromatic heterocycles. The Morgan fingerprint density at radius 1 is 0.110 bits per heavy atom. The molecular formula is C128H84N8. The van der Waals surface area contributed by atoms with E-state index in [0.29, 0.717) is 11.6 Å². The summed E-state index contributed by atoms with van der Waals surface area (Å²) in [5.74, 6) is 1.35. The van der Waals surface area contributed by atoms with E-state index in [-0.39, 0.29) is 0 Å². The number of fused-ring (bicyclic) bond motifs is 12. The molecule has 0 atom stereocenters. The smallest absolute Gasteiger partial charge is 0.160 e. The molecule has 136 heavy (non-hydrogen) atoms. The maximum atomic E-state index is 5.39. The Bertz CT molecular complexity index is 8660. The quantitative estimate of drug-likeness (QED) is 0.0966. The van der Waals surface area contributed by atoms with Crippen LogP contribution in [0.25, 0.3) is 245 Å². The molecule has 0 amide bonds. The highest BCUT2D eigenvalue weighted by Gasteiger charge is 2.22. The van der Waals surface area contributed by atoms with E-state index in [1.165, 1.54) is 92.9 Å². The second-order valence-corrected chi connectivity index (χ2v) is 34.8. The molecule has 0 unspecified atom stereocenters. The van der Waals surface area contributed by atoms with Crippen LogP contribution in [0.5, 0.6) is 0 Å². The molecule has 0 bridgehead atoms. The largest absolute Gasteiger partial charge is 0.309 e. The van der Waals surface area contributed by atoms with Gasteiger partial charge in [-0.15, -0.1) is 0 Å². The van der Waals surface area contributed by atoms with Gasteiger partial charge in [-0.1, -0.05) is 382 Å². The first-order valence-corrected chi connectivity index (χ1v) is 46.3. The predicted octanol–water partition coefficient (Wildman–Crippen LogP) is 33.3. The zero-order valence-electron chi connectivity index (χ0n) is 74.1. The average Bonchev–Trinajstić information content (AvgIpc) is 1.60. The molecule has 0 N–H and O–H groups in total. The lowest BCUT2D eigenvalue weighted by Crippen LogP contribution is -1.98. The number of hydrogen-bond acceptors (Lipinski definition) is 4. The van der Waals surface area contributed by atoms with Crippen molar-refractivity contribution in [1.82, 2.24) is 38.2 Å². The lowest BCUT2D eigenvalue weighted by atomic mass is 9.97. The highest BCUT2D eigenvalue weighted by molar-refractivity contribution is 6.13. The van der Waals surface area contributed by atoms with Gasteiger partial charge >= 0.3 is 0 Å². The van der Waals surface area contributed by atoms with E-state index in [1.54, 1.807) is 0 Å². The molecule has 8 heteroatoms. The maximum absolute atomic E-state index is 5.39. The third-order valence-corrected chi connectivity index (χ3v) is 26.7. The number of hydrogen-bond donors (Lipinski definition) is 0. The second kappa shape index (κ2) is 34.2. The van der Waals surface area contributed by atoms with Crippen molar-refractivity contribution >= 4 is 87.2 Å². The Morgan fingerprint density at radius 2 is 0.279 bits per heavy atom. The summed E-state index contributed by atoms with van der Waals surface area (Å²) >= 11 is 0. The fourth-order valence-electron chi connectivity index (χ4n) is 20.1. The van der Waals surface area contributed by atoms with Gasteiger partial charge in [0.25, 0.3) is 0 Å². The number of para-hydroxylation sites is 8. The molecule has 0 aliphatic rings. The number of rotatable bonds is 16. The molecule has 8 nitrogen and oxygen atoms in total. The van der Waals surface area contributed by atoms with Crippen molar-refractivity contribution < 1.29 is 0 Å². The summed E-state index contributed by atoms with van der Waals surface area (Å²) in [7, 11) is 0. The van der Waals surface area contributed by atoms with Crippen LogP contribution in [0.2, 0.25) is 0 Å². The molecule has 20 aromatic carbocycles. The summed E-state index contributed by atoms with van der Waals surface area (Å²) in [6.45, 7) is 0. The van der Waals surface area contributed by atoms with Crippen LogP contribution < -0.4 is 0 Å². The first-order valence-electron chi connectivity index (χ1n) is 46.3. The van der Waals surface area contributed by atoms with Crippen molar-refractivity contribution in [3.05, 3.63) is 510 Å². The van der Waals surface area contributed by atoms with Gasteiger partial charge in [-0.05, 0) is 194 Å². The summed E-state index contributed by atoms with van der Waals surface area (Å²) in [5, 5.41) is 9.97. The van der Waals surface area contributed by atoms with Crippen LogP contribution in [-0.2, 0) is 0 Å². The molecule has 0 fully saturated rings. The Labute approximate surface area is 786 Å². The monoisotopic (exact) mass is 1730 g/mol. The molecular weight excluding hydrogens is 1650 g/mol. The van der Waals surface area contributed by atoms with E-state index in [4.69, 9.17) is 19.9 Å². The summed E-state index contributed by atoms with van der Waals surface area (Å²) < 4.78 is 9.47. The number of aromatic nitrogens is 8. The minimum atomic E-state index is 0.665. The molecule has 0 radical (unpaired) electrons. The normalized spacial score (nSPS) is 11.5. The zero-order valence-corrected chi connectivity index (χ0v) is 74.1. The third-order valence-electron chi connectivity index (χ3n) is 26.7. The second-order valence-electron chi connectivity index (χ2n) is 34.8. The van der Waals surface area contributed by atoms with Gasteiger partial charge in [-0.2, -0.15) is 0 Å². The third kappa shape index (κ3) is 14.7. The van der Waals surface area contributed by atoms with Gasteiger partial charge in [0.05, 0.1) is 66.9 Å². The van der Waals surface area contributed by atoms with Crippen LogP contribution in [0.15, 0.2) is 510 Å². The van der Waals surface area contributed by atoms with Crippen molar-refractivity contribution in [2.24, 2.45) is 0 Å². The molecule has 26 aromatic rings. The van der Waals surface area contributed by atoms with Crippen molar-refractivity contribution in [3.63, 3.8) is 0 Å². The van der Waals surface area contributed by atoms with Crippen molar-refractivity contribution in [2.45, 2.75) is 0 Å². The van der Waals surface area contributed by atoms with Crippen LogP contribution in [-0.4, -0.2) is 38.2 Å². The Balaban J connectivity index is 0.000000145. The first kappa shape index (κ1) is 79.9. The minimum absolute atomic E-state index is 0.665. The molecule has 636 valence electrons. The van der Waals surface area contributed by atoms with Crippen molar-refractivity contribution in [1.29, 1.82) is 0 Å². The highest BCUT2D eigenvalue weighted by Crippen LogP contribution is 2.43. The van der Waals surface area contributed by atoms with Crippen LogP contribution >= 0.6 is 0 Å². The predicted molar refractivity (Wildman–Crippen MR) is 567 cm³/mol. The van der Waals surface area contributed by atoms with E-state index < -0.39 is 0 Å². The Hall–Kier alpha value is -18.2.